The van der Waals surface area contributed by atoms with E-state index in [0.29, 0.717) is 12.8 Å². The molecular formula is C16H24NO4S. The van der Waals surface area contributed by atoms with Gasteiger partial charge in [0.15, 0.2) is 15.3 Å². The third kappa shape index (κ3) is 5.19. The molecule has 0 amide bonds. The summed E-state index contributed by atoms with van der Waals surface area (Å²) in [5.41, 5.74) is 4.78. The van der Waals surface area contributed by atoms with Gasteiger partial charge in [-0.25, -0.2) is 8.42 Å². The predicted molar refractivity (Wildman–Crippen MR) is 86.4 cm³/mol. The van der Waals surface area contributed by atoms with Crippen molar-refractivity contribution >= 4 is 15.6 Å². The van der Waals surface area contributed by atoms with E-state index in [0.717, 1.165) is 11.8 Å². The largest absolute Gasteiger partial charge is 0.376 e. The quantitative estimate of drug-likeness (QED) is 0.713. The van der Waals surface area contributed by atoms with Crippen LogP contribution in [0.1, 0.15) is 25.3 Å². The molecule has 22 heavy (non-hydrogen) atoms. The molecule has 5 nitrogen and oxygen atoms in total. The maximum absolute atomic E-state index is 12.7. The summed E-state index contributed by atoms with van der Waals surface area (Å²) in [5, 5.41) is 9.95. The molecule has 1 rings (SSSR count). The van der Waals surface area contributed by atoms with E-state index < -0.39 is 27.1 Å². The number of nitrogens with two attached hydrogens (primary N) is 1. The Morgan fingerprint density at radius 3 is 2.36 bits per heavy atom. The van der Waals surface area contributed by atoms with Crippen LogP contribution in [0.15, 0.2) is 30.3 Å². The third-order valence-corrected chi connectivity index (χ3v) is 4.94. The zero-order chi connectivity index (χ0) is 16.8. The van der Waals surface area contributed by atoms with Crippen LogP contribution in [-0.2, 0) is 21.1 Å². The van der Waals surface area contributed by atoms with Gasteiger partial charge in [-0.3, -0.25) is 4.79 Å². The summed E-state index contributed by atoms with van der Waals surface area (Å²) >= 11 is 0. The summed E-state index contributed by atoms with van der Waals surface area (Å²) in [6, 6.07) is 9.46. The van der Waals surface area contributed by atoms with E-state index in [-0.39, 0.29) is 12.2 Å². The van der Waals surface area contributed by atoms with Crippen LogP contribution in [0.3, 0.4) is 0 Å². The van der Waals surface area contributed by atoms with Gasteiger partial charge in [0.05, 0.1) is 5.92 Å². The average Bonchev–Trinajstić information content (AvgIpc) is 2.47. The first-order chi connectivity index (χ1) is 10.3. The van der Waals surface area contributed by atoms with Gasteiger partial charge in [0.2, 0.25) is 0 Å². The molecule has 1 aromatic carbocycles. The lowest BCUT2D eigenvalue weighted by Crippen LogP contribution is -2.38. The molecule has 0 saturated heterocycles. The van der Waals surface area contributed by atoms with Crippen LogP contribution in [0.25, 0.3) is 0 Å². The van der Waals surface area contributed by atoms with Crippen molar-refractivity contribution in [2.75, 3.05) is 6.26 Å². The minimum absolute atomic E-state index is 0.258. The van der Waals surface area contributed by atoms with Gasteiger partial charge in [-0.1, -0.05) is 37.3 Å². The van der Waals surface area contributed by atoms with Gasteiger partial charge in [-0.2, -0.15) is 0 Å². The molecule has 0 heterocycles. The maximum Gasteiger partial charge on any atom is 0.174 e. The summed E-state index contributed by atoms with van der Waals surface area (Å²) in [6.45, 7) is 3.10. The number of aliphatic hydroxyl groups is 1. The number of rotatable bonds is 9. The van der Waals surface area contributed by atoms with Crippen molar-refractivity contribution in [2.24, 2.45) is 17.6 Å². The van der Waals surface area contributed by atoms with Crippen LogP contribution < -0.4 is 5.73 Å². The molecule has 3 N–H and O–H groups in total. The molecule has 6 heteroatoms. The number of ketones is 1. The van der Waals surface area contributed by atoms with Crippen LogP contribution in [0, 0.1) is 18.4 Å². The van der Waals surface area contributed by atoms with Crippen molar-refractivity contribution in [3.8, 4) is 0 Å². The lowest BCUT2D eigenvalue weighted by molar-refractivity contribution is -0.129. The van der Waals surface area contributed by atoms with Crippen molar-refractivity contribution in [1.29, 1.82) is 0 Å². The van der Waals surface area contributed by atoms with Crippen LogP contribution in [0.4, 0.5) is 0 Å². The van der Waals surface area contributed by atoms with E-state index in [1.807, 2.05) is 30.3 Å². The highest BCUT2D eigenvalue weighted by molar-refractivity contribution is 7.91. The van der Waals surface area contributed by atoms with Crippen LogP contribution in [0.5, 0.6) is 0 Å². The number of benzene rings is 1. The van der Waals surface area contributed by atoms with E-state index >= 15 is 0 Å². The minimum Gasteiger partial charge on any atom is -0.376 e. The van der Waals surface area contributed by atoms with Crippen molar-refractivity contribution in [3.63, 3.8) is 0 Å². The summed E-state index contributed by atoms with van der Waals surface area (Å²) < 4.78 is 23.1. The summed E-state index contributed by atoms with van der Waals surface area (Å²) in [5.74, 6) is -1.62. The molecule has 0 bridgehead atoms. The van der Waals surface area contributed by atoms with E-state index in [2.05, 4.69) is 0 Å². The zero-order valence-corrected chi connectivity index (χ0v) is 13.8. The van der Waals surface area contributed by atoms with Crippen LogP contribution in [0.2, 0.25) is 0 Å². The SMILES string of the molecule is CC[C@@H](C(=O)[C@H](C[CH]N)Cc1ccccc1)C(O)S(C)(=O)=O. The molecule has 1 radical (unpaired) electrons. The lowest BCUT2D eigenvalue weighted by Gasteiger charge is -2.24. The van der Waals surface area contributed by atoms with E-state index in [9.17, 15) is 18.3 Å². The van der Waals surface area contributed by atoms with Gasteiger partial charge in [0.25, 0.3) is 0 Å². The highest BCUT2D eigenvalue weighted by Crippen LogP contribution is 2.24. The van der Waals surface area contributed by atoms with Gasteiger partial charge in [0, 0.05) is 18.7 Å². The van der Waals surface area contributed by atoms with Gasteiger partial charge < -0.3 is 10.8 Å². The van der Waals surface area contributed by atoms with Crippen molar-refractivity contribution < 1.29 is 18.3 Å². The van der Waals surface area contributed by atoms with E-state index in [4.69, 9.17) is 5.73 Å². The Labute approximate surface area is 132 Å². The first kappa shape index (κ1) is 18.8. The second-order valence-electron chi connectivity index (χ2n) is 5.50. The second-order valence-corrected chi connectivity index (χ2v) is 7.64. The van der Waals surface area contributed by atoms with E-state index in [1.165, 1.54) is 6.54 Å². The summed E-state index contributed by atoms with van der Waals surface area (Å²) in [4.78, 5) is 12.7. The van der Waals surface area contributed by atoms with Gasteiger partial charge in [-0.05, 0) is 24.8 Å². The maximum atomic E-state index is 12.7. The molecule has 0 aliphatic rings. The highest BCUT2D eigenvalue weighted by Gasteiger charge is 2.35. The summed E-state index contributed by atoms with van der Waals surface area (Å²) in [7, 11) is -3.69. The Morgan fingerprint density at radius 2 is 1.91 bits per heavy atom. The number of aliphatic hydroxyl groups excluding tert-OH is 1. The average molecular weight is 326 g/mol. The monoisotopic (exact) mass is 326 g/mol. The Bertz CT molecular complexity index is 571. The molecule has 0 aliphatic heterocycles. The highest BCUT2D eigenvalue weighted by atomic mass is 32.2. The Morgan fingerprint density at radius 1 is 1.32 bits per heavy atom. The summed E-state index contributed by atoms with van der Waals surface area (Å²) in [6.07, 6.45) is 2.03. The fourth-order valence-corrected chi connectivity index (χ4v) is 3.43. The number of hydrogen-bond donors (Lipinski definition) is 2. The molecule has 0 saturated carbocycles. The first-order valence-corrected chi connectivity index (χ1v) is 9.24. The Hall–Kier alpha value is -1.24. The predicted octanol–water partition coefficient (Wildman–Crippen LogP) is 1.31. The first-order valence-electron chi connectivity index (χ1n) is 7.29. The van der Waals surface area contributed by atoms with Crippen molar-refractivity contribution in [2.45, 2.75) is 31.6 Å². The van der Waals surface area contributed by atoms with Gasteiger partial charge in [-0.15, -0.1) is 0 Å². The number of hydrogen-bond acceptors (Lipinski definition) is 5. The molecule has 0 aromatic heterocycles. The van der Waals surface area contributed by atoms with E-state index in [1.54, 1.807) is 6.92 Å². The molecule has 1 aromatic rings. The lowest BCUT2D eigenvalue weighted by atomic mass is 9.85. The number of carbonyl (C=O) groups excluding carboxylic acids is 1. The fraction of sp³-hybridized carbons (Fsp3) is 0.500. The Balaban J connectivity index is 2.96. The standard InChI is InChI=1S/C16H24NO4S/c1-3-14(16(19)22(2,20)21)15(18)13(9-10-17)11-12-7-5-4-6-8-12/h4-8,10,13-14,16,19H,3,9,11,17H2,1-2H3/t13-,14+,16?/m1/s1. The minimum atomic E-state index is -3.69. The molecule has 1 unspecified atom stereocenters. The molecule has 0 aliphatic carbocycles. The fourth-order valence-electron chi connectivity index (χ4n) is 2.51. The molecule has 3 atom stereocenters. The molecule has 0 spiro atoms. The molecule has 0 fully saturated rings. The number of sulfone groups is 1. The second kappa shape index (κ2) is 8.41. The van der Waals surface area contributed by atoms with Crippen molar-refractivity contribution in [3.05, 3.63) is 42.4 Å². The van der Waals surface area contributed by atoms with Gasteiger partial charge in [0.1, 0.15) is 5.78 Å². The number of Topliss-reactive ketones (excluding diaryl/α,β-unsaturated/α-hetero) is 1. The Kier molecular flexibility index (Phi) is 7.19. The zero-order valence-electron chi connectivity index (χ0n) is 13.0. The van der Waals surface area contributed by atoms with Crippen molar-refractivity contribution in [1.82, 2.24) is 0 Å². The van der Waals surface area contributed by atoms with Crippen LogP contribution >= 0.6 is 0 Å². The third-order valence-electron chi connectivity index (χ3n) is 3.74. The van der Waals surface area contributed by atoms with Crippen LogP contribution in [-0.4, -0.2) is 31.0 Å². The number of carbonyl (C=O) groups is 1. The molecule has 123 valence electrons. The smallest absolute Gasteiger partial charge is 0.174 e. The normalized spacial score (nSPS) is 16.0. The van der Waals surface area contributed by atoms with Gasteiger partial charge >= 0.3 is 0 Å². The molecular weight excluding hydrogens is 302 g/mol. The topological polar surface area (TPSA) is 97.5 Å².